The van der Waals surface area contributed by atoms with E-state index in [-0.39, 0.29) is 28.4 Å². The Kier molecular flexibility index (Phi) is 2.74. The van der Waals surface area contributed by atoms with Gasteiger partial charge in [-0.05, 0) is 0 Å². The van der Waals surface area contributed by atoms with Crippen LogP contribution < -0.4 is 9.47 Å². The molecule has 0 saturated heterocycles. The lowest BCUT2D eigenvalue weighted by atomic mass is 9.82. The molecular formula is C17H12N2O4. The lowest BCUT2D eigenvalue weighted by molar-refractivity contribution is 0.0974. The molecule has 0 radical (unpaired) electrons. The Bertz CT molecular complexity index is 911. The molecule has 0 spiro atoms. The van der Waals surface area contributed by atoms with E-state index in [1.807, 2.05) is 0 Å². The van der Waals surface area contributed by atoms with E-state index in [0.717, 1.165) is 0 Å². The first kappa shape index (κ1) is 13.5. The van der Waals surface area contributed by atoms with E-state index in [2.05, 4.69) is 10.2 Å². The lowest BCUT2D eigenvalue weighted by Gasteiger charge is -2.22. The van der Waals surface area contributed by atoms with Gasteiger partial charge >= 0.3 is 0 Å². The summed E-state index contributed by atoms with van der Waals surface area (Å²) < 4.78 is 10.8. The highest BCUT2D eigenvalue weighted by Gasteiger charge is 2.37. The van der Waals surface area contributed by atoms with Crippen LogP contribution in [0.3, 0.4) is 0 Å². The minimum absolute atomic E-state index is 0.202. The van der Waals surface area contributed by atoms with Crippen molar-refractivity contribution in [2.24, 2.45) is 0 Å². The zero-order valence-corrected chi connectivity index (χ0v) is 12.5. The van der Waals surface area contributed by atoms with Crippen molar-refractivity contribution in [2.45, 2.75) is 0 Å². The maximum atomic E-state index is 12.9. The van der Waals surface area contributed by atoms with Crippen molar-refractivity contribution in [2.75, 3.05) is 14.2 Å². The molecule has 2 aromatic carbocycles. The van der Waals surface area contributed by atoms with Crippen molar-refractivity contribution >= 4 is 22.5 Å². The summed E-state index contributed by atoms with van der Waals surface area (Å²) in [5.74, 6) is 0.0889. The highest BCUT2D eigenvalue weighted by Crippen LogP contribution is 2.44. The molecule has 0 aliphatic heterocycles. The second-order valence-corrected chi connectivity index (χ2v) is 5.17. The number of hydrogen-bond acceptors (Lipinski definition) is 5. The van der Waals surface area contributed by atoms with Gasteiger partial charge in [-0.3, -0.25) is 14.7 Å². The minimum atomic E-state index is -0.268. The van der Waals surface area contributed by atoms with Crippen LogP contribution in [0, 0.1) is 0 Å². The zero-order chi connectivity index (χ0) is 16.1. The molecule has 114 valence electrons. The third-order valence-electron chi connectivity index (χ3n) is 4.08. The molecule has 1 heterocycles. The van der Waals surface area contributed by atoms with E-state index < -0.39 is 0 Å². The lowest BCUT2D eigenvalue weighted by Crippen LogP contribution is -2.22. The van der Waals surface area contributed by atoms with Gasteiger partial charge in [-0.25, -0.2) is 0 Å². The second-order valence-electron chi connectivity index (χ2n) is 5.17. The number of carbonyl (C=O) groups excluding carboxylic acids is 2. The monoisotopic (exact) mass is 308 g/mol. The van der Waals surface area contributed by atoms with Crippen molar-refractivity contribution in [3.63, 3.8) is 0 Å². The zero-order valence-electron chi connectivity index (χ0n) is 12.5. The van der Waals surface area contributed by atoms with Crippen molar-refractivity contribution in [1.29, 1.82) is 0 Å². The van der Waals surface area contributed by atoms with Crippen LogP contribution in [0.2, 0.25) is 0 Å². The standard InChI is InChI=1S/C17H12N2O4/c1-22-16-10-7-18-19-13(10)17(23-2)12-11(16)14(20)8-5-3-4-6-9(8)15(12)21/h3-7H,1-2H3,(H,18,19). The normalized spacial score (nSPS) is 13.0. The number of hydrogen-bond donors (Lipinski definition) is 1. The molecule has 0 amide bonds. The Balaban J connectivity index is 2.20. The van der Waals surface area contributed by atoms with E-state index in [4.69, 9.17) is 9.47 Å². The number of benzene rings is 2. The molecule has 1 aromatic heterocycles. The van der Waals surface area contributed by atoms with Gasteiger partial charge in [0.2, 0.25) is 0 Å². The smallest absolute Gasteiger partial charge is 0.198 e. The summed E-state index contributed by atoms with van der Waals surface area (Å²) in [7, 11) is 2.92. The number of H-pyrrole nitrogens is 1. The van der Waals surface area contributed by atoms with Gasteiger partial charge in [-0.2, -0.15) is 5.10 Å². The van der Waals surface area contributed by atoms with Gasteiger partial charge in [-0.1, -0.05) is 24.3 Å². The Morgan fingerprint density at radius 2 is 1.48 bits per heavy atom. The topological polar surface area (TPSA) is 81.3 Å². The van der Waals surface area contributed by atoms with Gasteiger partial charge in [0.05, 0.1) is 30.7 Å². The maximum Gasteiger partial charge on any atom is 0.198 e. The van der Waals surface area contributed by atoms with Crippen molar-refractivity contribution in [3.05, 3.63) is 52.7 Å². The first-order valence-electron chi connectivity index (χ1n) is 6.98. The summed E-state index contributed by atoms with van der Waals surface area (Å²) in [6.07, 6.45) is 1.62. The molecule has 1 N–H and O–H groups in total. The summed E-state index contributed by atoms with van der Waals surface area (Å²) >= 11 is 0. The van der Waals surface area contributed by atoms with E-state index in [1.165, 1.54) is 14.2 Å². The fraction of sp³-hybridized carbons (Fsp3) is 0.118. The highest BCUT2D eigenvalue weighted by molar-refractivity contribution is 6.32. The average molecular weight is 308 g/mol. The number of fused-ring (bicyclic) bond motifs is 3. The van der Waals surface area contributed by atoms with Crippen molar-refractivity contribution in [1.82, 2.24) is 10.2 Å². The molecule has 0 unspecified atom stereocenters. The van der Waals surface area contributed by atoms with Gasteiger partial charge in [0.25, 0.3) is 0 Å². The largest absolute Gasteiger partial charge is 0.495 e. The van der Waals surface area contributed by atoms with Gasteiger partial charge in [0, 0.05) is 17.3 Å². The van der Waals surface area contributed by atoms with Crippen LogP contribution in [0.25, 0.3) is 10.9 Å². The Labute approximate surface area is 131 Å². The van der Waals surface area contributed by atoms with Gasteiger partial charge in [-0.15, -0.1) is 0 Å². The molecular weight excluding hydrogens is 296 g/mol. The molecule has 0 fully saturated rings. The van der Waals surface area contributed by atoms with E-state index in [1.54, 1.807) is 30.5 Å². The van der Waals surface area contributed by atoms with Crippen LogP contribution >= 0.6 is 0 Å². The van der Waals surface area contributed by atoms with Gasteiger partial charge < -0.3 is 9.47 Å². The Hall–Kier alpha value is -3.15. The number of methoxy groups -OCH3 is 2. The van der Waals surface area contributed by atoms with Crippen LogP contribution in [-0.2, 0) is 0 Å². The summed E-state index contributed by atoms with van der Waals surface area (Å²) in [5.41, 5.74) is 1.62. The number of nitrogens with one attached hydrogen (secondary N) is 1. The van der Waals surface area contributed by atoms with E-state index >= 15 is 0 Å². The molecule has 0 atom stereocenters. The van der Waals surface area contributed by atoms with Gasteiger partial charge in [0.15, 0.2) is 17.3 Å². The predicted octanol–water partition coefficient (Wildman–Crippen LogP) is 2.36. The van der Waals surface area contributed by atoms with Crippen LogP contribution in [-0.4, -0.2) is 36.0 Å². The minimum Gasteiger partial charge on any atom is -0.495 e. The molecule has 6 heteroatoms. The van der Waals surface area contributed by atoms with E-state index in [0.29, 0.717) is 27.8 Å². The number of aromatic nitrogens is 2. The number of ether oxygens (including phenoxy) is 2. The third-order valence-corrected chi connectivity index (χ3v) is 4.08. The SMILES string of the molecule is COc1c2c(c(OC)c3n[nH]cc13)C(=O)c1ccccc1C2=O. The molecule has 4 rings (SSSR count). The molecule has 23 heavy (non-hydrogen) atoms. The summed E-state index contributed by atoms with van der Waals surface area (Å²) in [4.78, 5) is 25.9. The highest BCUT2D eigenvalue weighted by atomic mass is 16.5. The molecule has 3 aromatic rings. The number of nitrogens with zero attached hydrogens (tertiary/aromatic N) is 1. The third kappa shape index (κ3) is 1.60. The average Bonchev–Trinajstić information content (AvgIpc) is 3.06. The van der Waals surface area contributed by atoms with Crippen molar-refractivity contribution < 1.29 is 19.1 Å². The predicted molar refractivity (Wildman–Crippen MR) is 82.5 cm³/mol. The summed E-state index contributed by atoms with van der Waals surface area (Å²) in [6.45, 7) is 0. The summed E-state index contributed by atoms with van der Waals surface area (Å²) in [5, 5.41) is 7.46. The number of aromatic amines is 1. The number of rotatable bonds is 2. The van der Waals surface area contributed by atoms with Crippen LogP contribution in [0.4, 0.5) is 0 Å². The molecule has 0 bridgehead atoms. The fourth-order valence-electron chi connectivity index (χ4n) is 3.11. The van der Waals surface area contributed by atoms with Gasteiger partial charge in [0.1, 0.15) is 11.3 Å². The molecule has 1 aliphatic rings. The molecule has 0 saturated carbocycles. The van der Waals surface area contributed by atoms with E-state index in [9.17, 15) is 9.59 Å². The number of ketones is 2. The van der Waals surface area contributed by atoms with Crippen LogP contribution in [0.5, 0.6) is 11.5 Å². The van der Waals surface area contributed by atoms with Crippen molar-refractivity contribution in [3.8, 4) is 11.5 Å². The fourth-order valence-corrected chi connectivity index (χ4v) is 3.11. The van der Waals surface area contributed by atoms with Crippen LogP contribution in [0.1, 0.15) is 31.8 Å². The first-order valence-corrected chi connectivity index (χ1v) is 6.98. The Morgan fingerprint density at radius 1 is 0.913 bits per heavy atom. The van der Waals surface area contributed by atoms with Crippen LogP contribution in [0.15, 0.2) is 30.5 Å². The maximum absolute atomic E-state index is 12.9. The molecule has 1 aliphatic carbocycles. The quantitative estimate of drug-likeness (QED) is 0.615. The number of carbonyl (C=O) groups is 2. The molecule has 6 nitrogen and oxygen atoms in total. The first-order chi connectivity index (χ1) is 11.2. The Morgan fingerprint density at radius 3 is 2.04 bits per heavy atom. The second kappa shape index (κ2) is 4.67. The summed E-state index contributed by atoms with van der Waals surface area (Å²) in [6, 6.07) is 6.74.